The van der Waals surface area contributed by atoms with Crippen LogP contribution in [0, 0.1) is 18.6 Å². The minimum absolute atomic E-state index is 0.199. The van der Waals surface area contributed by atoms with Gasteiger partial charge in [0.15, 0.2) is 13.2 Å². The molecule has 27 heavy (non-hydrogen) atoms. The number of benzene rings is 2. The second-order valence-corrected chi connectivity index (χ2v) is 6.30. The summed E-state index contributed by atoms with van der Waals surface area (Å²) in [7, 11) is 0. The van der Waals surface area contributed by atoms with Gasteiger partial charge in [-0.3, -0.25) is 4.79 Å². The van der Waals surface area contributed by atoms with Crippen LogP contribution in [0.3, 0.4) is 0 Å². The molecular weight excluding hydrogens is 356 g/mol. The van der Waals surface area contributed by atoms with E-state index in [9.17, 15) is 18.4 Å². The molecule has 7 heteroatoms. The Morgan fingerprint density at radius 3 is 2.48 bits per heavy atom. The fourth-order valence-electron chi connectivity index (χ4n) is 2.23. The van der Waals surface area contributed by atoms with E-state index in [1.54, 1.807) is 0 Å². The van der Waals surface area contributed by atoms with Crippen LogP contribution in [0.5, 0.6) is 5.75 Å². The summed E-state index contributed by atoms with van der Waals surface area (Å²) in [5.41, 5.74) is 1.75. The van der Waals surface area contributed by atoms with E-state index >= 15 is 0 Å². The third-order valence-electron chi connectivity index (χ3n) is 3.79. The number of rotatable bonds is 7. The van der Waals surface area contributed by atoms with Gasteiger partial charge in [0.2, 0.25) is 0 Å². The summed E-state index contributed by atoms with van der Waals surface area (Å²) in [4.78, 5) is 23.5. The van der Waals surface area contributed by atoms with Gasteiger partial charge in [-0.05, 0) is 42.2 Å². The maximum Gasteiger partial charge on any atom is 0.344 e. The summed E-state index contributed by atoms with van der Waals surface area (Å²) in [5.74, 6) is -2.28. The first-order valence-electron chi connectivity index (χ1n) is 8.40. The van der Waals surface area contributed by atoms with Crippen LogP contribution in [0.4, 0.5) is 14.5 Å². The van der Waals surface area contributed by atoms with Crippen molar-refractivity contribution >= 4 is 17.6 Å². The summed E-state index contributed by atoms with van der Waals surface area (Å²) in [6.07, 6.45) is 0. The molecule has 1 N–H and O–H groups in total. The molecule has 0 unspecified atom stereocenters. The summed E-state index contributed by atoms with van der Waals surface area (Å²) in [6.45, 7) is 4.98. The second-order valence-electron chi connectivity index (χ2n) is 6.30. The zero-order valence-corrected chi connectivity index (χ0v) is 15.3. The number of ether oxygens (including phenoxy) is 2. The number of aryl methyl sites for hydroxylation is 1. The smallest absolute Gasteiger partial charge is 0.344 e. The van der Waals surface area contributed by atoms with Gasteiger partial charge >= 0.3 is 5.97 Å². The van der Waals surface area contributed by atoms with Crippen LogP contribution >= 0.6 is 0 Å². The minimum Gasteiger partial charge on any atom is -0.482 e. The molecule has 144 valence electrons. The van der Waals surface area contributed by atoms with Gasteiger partial charge in [-0.1, -0.05) is 26.0 Å². The Morgan fingerprint density at radius 2 is 1.81 bits per heavy atom. The van der Waals surface area contributed by atoms with Crippen molar-refractivity contribution in [2.24, 2.45) is 0 Å². The molecule has 2 aromatic carbocycles. The number of hydrogen-bond acceptors (Lipinski definition) is 4. The molecule has 0 radical (unpaired) electrons. The molecule has 0 aromatic heterocycles. The lowest BCUT2D eigenvalue weighted by molar-refractivity contribution is -0.149. The molecule has 0 saturated heterocycles. The molecule has 0 aliphatic rings. The quantitative estimate of drug-likeness (QED) is 0.742. The number of carbonyl (C=O) groups is 2. The average Bonchev–Trinajstić information content (AvgIpc) is 2.61. The maximum absolute atomic E-state index is 13.5. The van der Waals surface area contributed by atoms with E-state index < -0.39 is 30.1 Å². The van der Waals surface area contributed by atoms with Crippen LogP contribution in [0.15, 0.2) is 36.4 Å². The van der Waals surface area contributed by atoms with Crippen LogP contribution in [0.25, 0.3) is 0 Å². The predicted octanol–water partition coefficient (Wildman–Crippen LogP) is 3.96. The molecule has 2 rings (SSSR count). The summed E-state index contributed by atoms with van der Waals surface area (Å²) >= 11 is 0. The Bertz CT molecular complexity index is 837. The number of anilines is 1. The molecule has 0 aliphatic carbocycles. The van der Waals surface area contributed by atoms with Crippen molar-refractivity contribution in [2.45, 2.75) is 26.7 Å². The fourth-order valence-corrected chi connectivity index (χ4v) is 2.23. The van der Waals surface area contributed by atoms with Gasteiger partial charge in [0.25, 0.3) is 5.91 Å². The highest BCUT2D eigenvalue weighted by molar-refractivity contribution is 5.92. The van der Waals surface area contributed by atoms with Gasteiger partial charge in [-0.25, -0.2) is 13.6 Å². The Balaban J connectivity index is 1.82. The number of carbonyl (C=O) groups excluding carboxylic acids is 2. The standard InChI is InChI=1S/C20H21F2NO4/c1-12(2)14-5-4-13(3)18(8-14)26-11-20(25)27-10-19(24)23-17-7-6-15(21)9-16(17)22/h4-9,12H,10-11H2,1-3H3,(H,23,24). The number of hydrogen-bond donors (Lipinski definition) is 1. The molecule has 0 spiro atoms. The largest absolute Gasteiger partial charge is 0.482 e. The molecule has 2 aromatic rings. The van der Waals surface area contributed by atoms with Crippen LogP contribution < -0.4 is 10.1 Å². The van der Waals surface area contributed by atoms with Gasteiger partial charge in [0.05, 0.1) is 5.69 Å². The molecule has 0 heterocycles. The molecule has 0 bridgehead atoms. The number of esters is 1. The van der Waals surface area contributed by atoms with Crippen molar-refractivity contribution in [3.05, 3.63) is 59.2 Å². The summed E-state index contributed by atoms with van der Waals surface area (Å²) in [5, 5.41) is 2.20. The first kappa shape index (κ1) is 20.4. The second kappa shape index (κ2) is 9.12. The molecule has 5 nitrogen and oxygen atoms in total. The van der Waals surface area contributed by atoms with Crippen LogP contribution in [-0.2, 0) is 14.3 Å². The van der Waals surface area contributed by atoms with Gasteiger partial charge in [-0.2, -0.15) is 0 Å². The van der Waals surface area contributed by atoms with Gasteiger partial charge < -0.3 is 14.8 Å². The highest BCUT2D eigenvalue weighted by Gasteiger charge is 2.12. The SMILES string of the molecule is Cc1ccc(C(C)C)cc1OCC(=O)OCC(=O)Nc1ccc(F)cc1F. The third-order valence-corrected chi connectivity index (χ3v) is 3.79. The van der Waals surface area contributed by atoms with E-state index in [0.717, 1.165) is 23.3 Å². The number of nitrogens with one attached hydrogen (secondary N) is 1. The minimum atomic E-state index is -0.918. The van der Waals surface area contributed by atoms with E-state index in [-0.39, 0.29) is 12.3 Å². The highest BCUT2D eigenvalue weighted by atomic mass is 19.1. The van der Waals surface area contributed by atoms with E-state index in [4.69, 9.17) is 9.47 Å². The van der Waals surface area contributed by atoms with Gasteiger partial charge in [-0.15, -0.1) is 0 Å². The van der Waals surface area contributed by atoms with Crippen molar-refractivity contribution in [1.82, 2.24) is 0 Å². The van der Waals surface area contributed by atoms with Crippen LogP contribution in [-0.4, -0.2) is 25.1 Å². The fraction of sp³-hybridized carbons (Fsp3) is 0.300. The lowest BCUT2D eigenvalue weighted by Crippen LogP contribution is -2.24. The highest BCUT2D eigenvalue weighted by Crippen LogP contribution is 2.24. The average molecular weight is 377 g/mol. The Labute approximate surface area is 156 Å². The molecule has 0 atom stereocenters. The lowest BCUT2D eigenvalue weighted by Gasteiger charge is -2.12. The molecule has 0 aliphatic heterocycles. The topological polar surface area (TPSA) is 64.6 Å². The van der Waals surface area contributed by atoms with E-state index in [1.807, 2.05) is 39.0 Å². The normalized spacial score (nSPS) is 10.6. The van der Waals surface area contributed by atoms with Crippen LogP contribution in [0.1, 0.15) is 30.9 Å². The zero-order valence-electron chi connectivity index (χ0n) is 15.3. The monoisotopic (exact) mass is 377 g/mol. The zero-order chi connectivity index (χ0) is 20.0. The summed E-state index contributed by atoms with van der Waals surface area (Å²) in [6, 6.07) is 8.48. The summed E-state index contributed by atoms with van der Waals surface area (Å²) < 4.78 is 36.6. The van der Waals surface area contributed by atoms with Crippen molar-refractivity contribution < 1.29 is 27.8 Å². The Hall–Kier alpha value is -2.96. The maximum atomic E-state index is 13.5. The van der Waals surface area contributed by atoms with Crippen LogP contribution in [0.2, 0.25) is 0 Å². The first-order chi connectivity index (χ1) is 12.8. The first-order valence-corrected chi connectivity index (χ1v) is 8.40. The van der Waals surface area contributed by atoms with E-state index in [2.05, 4.69) is 5.32 Å². The third kappa shape index (κ3) is 6.06. The molecule has 1 amide bonds. The number of halogens is 2. The Kier molecular flexibility index (Phi) is 6.87. The molecule has 0 saturated carbocycles. The lowest BCUT2D eigenvalue weighted by atomic mass is 10.0. The molecular formula is C20H21F2NO4. The molecule has 0 fully saturated rings. The van der Waals surface area contributed by atoms with Crippen molar-refractivity contribution in [1.29, 1.82) is 0 Å². The number of amides is 1. The van der Waals surface area contributed by atoms with Gasteiger partial charge in [0.1, 0.15) is 17.4 Å². The Morgan fingerprint density at radius 1 is 1.07 bits per heavy atom. The van der Waals surface area contributed by atoms with Crippen molar-refractivity contribution in [2.75, 3.05) is 18.5 Å². The van der Waals surface area contributed by atoms with E-state index in [1.165, 1.54) is 0 Å². The van der Waals surface area contributed by atoms with Gasteiger partial charge in [0, 0.05) is 6.07 Å². The van der Waals surface area contributed by atoms with Crippen molar-refractivity contribution in [3.63, 3.8) is 0 Å². The predicted molar refractivity (Wildman–Crippen MR) is 96.7 cm³/mol. The van der Waals surface area contributed by atoms with E-state index in [0.29, 0.717) is 17.7 Å². The van der Waals surface area contributed by atoms with Crippen molar-refractivity contribution in [3.8, 4) is 5.75 Å².